The Hall–Kier alpha value is -1.53. The van der Waals surface area contributed by atoms with E-state index in [4.69, 9.17) is 10.5 Å². The van der Waals surface area contributed by atoms with Gasteiger partial charge in [0, 0.05) is 5.56 Å². The minimum Gasteiger partial charge on any atom is -0.494 e. The molecule has 0 spiro atoms. The number of nitrogens with two attached hydrogens (primary N) is 1. The van der Waals surface area contributed by atoms with Gasteiger partial charge in [-0.15, -0.1) is 10.2 Å². The van der Waals surface area contributed by atoms with Crippen molar-refractivity contribution in [3.05, 3.63) is 29.0 Å². The second-order valence-corrected chi connectivity index (χ2v) is 4.82. The summed E-state index contributed by atoms with van der Waals surface area (Å²) in [6.45, 7) is 1.99. The Morgan fingerprint density at radius 2 is 2.22 bits per heavy atom. The Bertz CT molecular complexity index is 544. The van der Waals surface area contributed by atoms with Crippen LogP contribution in [0.3, 0.4) is 0 Å². The molecule has 2 rings (SSSR count). The molecule has 0 aliphatic rings. The summed E-state index contributed by atoms with van der Waals surface area (Å²) in [5.74, 6) is -0.194. The molecule has 6 heteroatoms. The molecule has 0 aliphatic carbocycles. The highest BCUT2D eigenvalue weighted by molar-refractivity contribution is 7.14. The first-order chi connectivity index (χ1) is 8.65. The van der Waals surface area contributed by atoms with Crippen molar-refractivity contribution in [1.29, 1.82) is 0 Å². The van der Waals surface area contributed by atoms with Gasteiger partial charge in [-0.3, -0.25) is 0 Å². The number of methoxy groups -OCH3 is 1. The zero-order chi connectivity index (χ0) is 13.1. The fraction of sp³-hybridized carbons (Fsp3) is 0.333. The Morgan fingerprint density at radius 3 is 2.89 bits per heavy atom. The van der Waals surface area contributed by atoms with Gasteiger partial charge in [0.15, 0.2) is 11.6 Å². The molecule has 96 valence electrons. The lowest BCUT2D eigenvalue weighted by atomic mass is 10.2. The van der Waals surface area contributed by atoms with Gasteiger partial charge in [-0.05, 0) is 24.6 Å². The summed E-state index contributed by atoms with van der Waals surface area (Å²) in [6.07, 6.45) is 0.807. The van der Waals surface area contributed by atoms with Gasteiger partial charge in [-0.2, -0.15) is 0 Å². The predicted octanol–water partition coefficient (Wildman–Crippen LogP) is 2.76. The van der Waals surface area contributed by atoms with Crippen LogP contribution in [0.15, 0.2) is 18.2 Å². The third-order valence-electron chi connectivity index (χ3n) is 2.60. The SMILES string of the molecule is CCC(N)c1nnc(-c2ccc(F)c(OC)c2)s1. The lowest BCUT2D eigenvalue weighted by Crippen LogP contribution is -2.07. The zero-order valence-corrected chi connectivity index (χ0v) is 11.0. The smallest absolute Gasteiger partial charge is 0.165 e. The van der Waals surface area contributed by atoms with E-state index in [0.717, 1.165) is 17.0 Å². The quantitative estimate of drug-likeness (QED) is 0.925. The molecule has 2 N–H and O–H groups in total. The third kappa shape index (κ3) is 2.49. The summed E-state index contributed by atoms with van der Waals surface area (Å²) in [6, 6.07) is 4.52. The largest absolute Gasteiger partial charge is 0.494 e. The van der Waals surface area contributed by atoms with Gasteiger partial charge in [0.2, 0.25) is 0 Å². The van der Waals surface area contributed by atoms with Crippen molar-refractivity contribution in [3.63, 3.8) is 0 Å². The number of aromatic nitrogens is 2. The monoisotopic (exact) mass is 267 g/mol. The maximum atomic E-state index is 13.3. The number of hydrogen-bond acceptors (Lipinski definition) is 5. The minimum atomic E-state index is -0.392. The first kappa shape index (κ1) is 12.9. The molecule has 0 saturated heterocycles. The van der Waals surface area contributed by atoms with Gasteiger partial charge in [0.05, 0.1) is 13.2 Å². The van der Waals surface area contributed by atoms with Crippen LogP contribution in [0.25, 0.3) is 10.6 Å². The minimum absolute atomic E-state index is 0.0985. The van der Waals surface area contributed by atoms with Crippen LogP contribution in [-0.2, 0) is 0 Å². The van der Waals surface area contributed by atoms with Crippen LogP contribution >= 0.6 is 11.3 Å². The maximum Gasteiger partial charge on any atom is 0.165 e. The highest BCUT2D eigenvalue weighted by Gasteiger charge is 2.13. The van der Waals surface area contributed by atoms with Crippen LogP contribution in [0.2, 0.25) is 0 Å². The molecule has 2 aromatic rings. The summed E-state index contributed by atoms with van der Waals surface area (Å²) in [7, 11) is 1.43. The van der Waals surface area contributed by atoms with Crippen LogP contribution in [-0.4, -0.2) is 17.3 Å². The maximum absolute atomic E-state index is 13.3. The molecule has 18 heavy (non-hydrogen) atoms. The number of hydrogen-bond donors (Lipinski definition) is 1. The summed E-state index contributed by atoms with van der Waals surface area (Å²) >= 11 is 1.42. The van der Waals surface area contributed by atoms with Crippen LogP contribution in [0.4, 0.5) is 4.39 Å². The van der Waals surface area contributed by atoms with E-state index in [2.05, 4.69) is 10.2 Å². The third-order valence-corrected chi connectivity index (χ3v) is 3.70. The summed E-state index contributed by atoms with van der Waals surface area (Å²) in [5, 5.41) is 9.62. The Labute approximate surface area is 109 Å². The van der Waals surface area contributed by atoms with E-state index in [1.54, 1.807) is 12.1 Å². The van der Waals surface area contributed by atoms with Crippen molar-refractivity contribution < 1.29 is 9.13 Å². The molecule has 0 saturated carbocycles. The molecule has 0 bridgehead atoms. The zero-order valence-electron chi connectivity index (χ0n) is 10.2. The fourth-order valence-corrected chi connectivity index (χ4v) is 2.39. The van der Waals surface area contributed by atoms with Gasteiger partial charge < -0.3 is 10.5 Å². The number of halogens is 1. The average Bonchev–Trinajstić information content (AvgIpc) is 2.88. The highest BCUT2D eigenvalue weighted by Crippen LogP contribution is 2.30. The van der Waals surface area contributed by atoms with E-state index in [9.17, 15) is 4.39 Å². The second-order valence-electron chi connectivity index (χ2n) is 3.81. The van der Waals surface area contributed by atoms with Crippen molar-refractivity contribution >= 4 is 11.3 Å². The number of benzene rings is 1. The lowest BCUT2D eigenvalue weighted by molar-refractivity contribution is 0.387. The number of rotatable bonds is 4. The van der Waals surface area contributed by atoms with Crippen LogP contribution in [0, 0.1) is 5.82 Å². The molecule has 0 fully saturated rings. The molecule has 0 radical (unpaired) electrons. The van der Waals surface area contributed by atoms with E-state index in [0.29, 0.717) is 5.01 Å². The second kappa shape index (κ2) is 5.41. The Kier molecular flexibility index (Phi) is 3.88. The highest BCUT2D eigenvalue weighted by atomic mass is 32.1. The van der Waals surface area contributed by atoms with E-state index in [-0.39, 0.29) is 11.8 Å². The standard InChI is InChI=1S/C12H14FN3OS/c1-3-9(14)12-16-15-11(18-12)7-4-5-8(13)10(6-7)17-2/h4-6,9H,3,14H2,1-2H3. The molecular weight excluding hydrogens is 253 g/mol. The molecule has 1 heterocycles. The van der Waals surface area contributed by atoms with Crippen molar-refractivity contribution in [3.8, 4) is 16.3 Å². The first-order valence-corrected chi connectivity index (χ1v) is 6.40. The van der Waals surface area contributed by atoms with E-state index in [1.807, 2.05) is 6.92 Å². The lowest BCUT2D eigenvalue weighted by Gasteiger charge is -2.03. The van der Waals surface area contributed by atoms with Gasteiger partial charge in [0.25, 0.3) is 0 Å². The number of nitrogens with zero attached hydrogens (tertiary/aromatic N) is 2. The fourth-order valence-electron chi connectivity index (χ4n) is 1.47. The van der Waals surface area contributed by atoms with Crippen molar-refractivity contribution in [1.82, 2.24) is 10.2 Å². The molecule has 1 aromatic heterocycles. The van der Waals surface area contributed by atoms with E-state index in [1.165, 1.54) is 24.5 Å². The van der Waals surface area contributed by atoms with E-state index >= 15 is 0 Å². The average molecular weight is 267 g/mol. The summed E-state index contributed by atoms with van der Waals surface area (Å²) < 4.78 is 18.2. The van der Waals surface area contributed by atoms with Crippen molar-refractivity contribution in [2.75, 3.05) is 7.11 Å². The summed E-state index contributed by atoms with van der Waals surface area (Å²) in [5.41, 5.74) is 6.67. The molecule has 1 aromatic carbocycles. The molecule has 0 aliphatic heterocycles. The van der Waals surface area contributed by atoms with Crippen LogP contribution in [0.1, 0.15) is 24.4 Å². The van der Waals surface area contributed by atoms with Gasteiger partial charge in [0.1, 0.15) is 10.0 Å². The first-order valence-electron chi connectivity index (χ1n) is 5.58. The molecule has 1 atom stereocenters. The van der Waals surface area contributed by atoms with Crippen LogP contribution < -0.4 is 10.5 Å². The number of ether oxygens (including phenoxy) is 1. The Balaban J connectivity index is 2.34. The normalized spacial score (nSPS) is 12.4. The van der Waals surface area contributed by atoms with Gasteiger partial charge in [-0.25, -0.2) is 4.39 Å². The van der Waals surface area contributed by atoms with E-state index < -0.39 is 5.82 Å². The topological polar surface area (TPSA) is 61.0 Å². The van der Waals surface area contributed by atoms with Crippen LogP contribution in [0.5, 0.6) is 5.75 Å². The molecule has 0 amide bonds. The predicted molar refractivity (Wildman–Crippen MR) is 69.1 cm³/mol. The van der Waals surface area contributed by atoms with Gasteiger partial charge in [-0.1, -0.05) is 18.3 Å². The van der Waals surface area contributed by atoms with Gasteiger partial charge >= 0.3 is 0 Å². The molecule has 1 unspecified atom stereocenters. The van der Waals surface area contributed by atoms with Crippen molar-refractivity contribution in [2.24, 2.45) is 5.73 Å². The van der Waals surface area contributed by atoms with Crippen molar-refractivity contribution in [2.45, 2.75) is 19.4 Å². The molecule has 4 nitrogen and oxygen atoms in total. The Morgan fingerprint density at radius 1 is 1.44 bits per heavy atom. The molecular formula is C12H14FN3OS. The summed E-state index contributed by atoms with van der Waals surface area (Å²) in [4.78, 5) is 0.